The molecule has 1 aromatic heterocycles. The monoisotopic (exact) mass is 403 g/mol. The van der Waals surface area contributed by atoms with Gasteiger partial charge in [-0.3, -0.25) is 9.78 Å². The highest BCUT2D eigenvalue weighted by Gasteiger charge is 2.35. The number of rotatable bonds is 5. The predicted octanol–water partition coefficient (Wildman–Crippen LogP) is 4.18. The Balaban J connectivity index is 1.48. The van der Waals surface area contributed by atoms with Gasteiger partial charge in [-0.15, -0.1) is 0 Å². The van der Waals surface area contributed by atoms with Gasteiger partial charge in [0.05, 0.1) is 11.6 Å². The number of hydrogen-bond donors (Lipinski definition) is 1. The number of pyridine rings is 1. The van der Waals surface area contributed by atoms with Gasteiger partial charge >= 0.3 is 6.18 Å². The first-order chi connectivity index (χ1) is 13.9. The highest BCUT2D eigenvalue weighted by Crippen LogP contribution is 2.33. The first kappa shape index (κ1) is 19.9. The Labute approximate surface area is 168 Å². The van der Waals surface area contributed by atoms with Crippen molar-refractivity contribution in [2.24, 2.45) is 5.92 Å². The summed E-state index contributed by atoms with van der Waals surface area (Å²) in [5, 5.41) is 3.59. The molecule has 1 atom stereocenters. The zero-order valence-corrected chi connectivity index (χ0v) is 16.0. The van der Waals surface area contributed by atoms with Crippen molar-refractivity contribution in [3.05, 3.63) is 65.5 Å². The topological polar surface area (TPSA) is 45.2 Å². The fourth-order valence-corrected chi connectivity index (χ4v) is 3.89. The Morgan fingerprint density at radius 1 is 1.03 bits per heavy atom. The van der Waals surface area contributed by atoms with Gasteiger partial charge in [-0.1, -0.05) is 18.2 Å². The van der Waals surface area contributed by atoms with Gasteiger partial charge in [-0.05, 0) is 55.0 Å². The highest BCUT2D eigenvalue weighted by molar-refractivity contribution is 5.81. The number of nitrogens with one attached hydrogen (secondary N) is 1. The van der Waals surface area contributed by atoms with Crippen LogP contribution in [0.4, 0.5) is 13.2 Å². The van der Waals surface area contributed by atoms with Crippen molar-refractivity contribution in [3.8, 4) is 0 Å². The molecule has 7 heteroatoms. The number of hydrogen-bond acceptors (Lipinski definition) is 3. The Morgan fingerprint density at radius 2 is 1.72 bits per heavy atom. The van der Waals surface area contributed by atoms with E-state index in [9.17, 15) is 18.0 Å². The lowest BCUT2D eigenvalue weighted by Gasteiger charge is -2.35. The van der Waals surface area contributed by atoms with Gasteiger partial charge < -0.3 is 10.2 Å². The summed E-state index contributed by atoms with van der Waals surface area (Å²) in [6.45, 7) is 1.44. The molecule has 1 N–H and O–H groups in total. The molecule has 1 saturated carbocycles. The molecule has 2 aliphatic rings. The molecule has 29 heavy (non-hydrogen) atoms. The minimum atomic E-state index is -4.35. The molecule has 1 aliphatic carbocycles. The van der Waals surface area contributed by atoms with E-state index < -0.39 is 11.7 Å². The summed E-state index contributed by atoms with van der Waals surface area (Å²) in [7, 11) is 0. The summed E-state index contributed by atoms with van der Waals surface area (Å²) in [5.41, 5.74) is 1.02. The number of amides is 1. The second kappa shape index (κ2) is 8.14. The first-order valence-electron chi connectivity index (χ1n) is 10.0. The van der Waals surface area contributed by atoms with Crippen molar-refractivity contribution >= 4 is 5.91 Å². The second-order valence-electron chi connectivity index (χ2n) is 7.88. The summed E-state index contributed by atoms with van der Waals surface area (Å²) in [4.78, 5) is 18.4. The lowest BCUT2D eigenvalue weighted by molar-refractivity contribution is -0.137. The second-order valence-corrected chi connectivity index (χ2v) is 7.88. The van der Waals surface area contributed by atoms with Gasteiger partial charge in [0.25, 0.3) is 0 Å². The van der Waals surface area contributed by atoms with E-state index in [2.05, 4.69) is 10.3 Å². The molecule has 2 heterocycles. The number of aromatic nitrogens is 1. The molecule has 1 aliphatic heterocycles. The van der Waals surface area contributed by atoms with Crippen molar-refractivity contribution in [2.75, 3.05) is 13.1 Å². The molecule has 0 spiro atoms. The van der Waals surface area contributed by atoms with Gasteiger partial charge in [0.2, 0.25) is 5.91 Å². The lowest BCUT2D eigenvalue weighted by Crippen LogP contribution is -2.46. The summed E-state index contributed by atoms with van der Waals surface area (Å²) in [5.74, 6) is 0.504. The highest BCUT2D eigenvalue weighted by atomic mass is 19.4. The smallest absolute Gasteiger partial charge is 0.342 e. The summed E-state index contributed by atoms with van der Waals surface area (Å²) in [6, 6.07) is 8.99. The third-order valence-corrected chi connectivity index (χ3v) is 5.72. The molecule has 154 valence electrons. The first-order valence-corrected chi connectivity index (χ1v) is 10.0. The van der Waals surface area contributed by atoms with Crippen molar-refractivity contribution in [1.82, 2.24) is 15.2 Å². The number of nitrogens with zero attached hydrogens (tertiary/aromatic N) is 2. The van der Waals surface area contributed by atoms with Crippen molar-refractivity contribution in [1.29, 1.82) is 0 Å². The van der Waals surface area contributed by atoms with Crippen molar-refractivity contribution < 1.29 is 18.0 Å². The zero-order chi connectivity index (χ0) is 20.4. The number of carbonyl (C=O) groups excluding carboxylic acids is 1. The zero-order valence-electron chi connectivity index (χ0n) is 16.0. The van der Waals surface area contributed by atoms with E-state index in [1.54, 1.807) is 12.4 Å². The minimum absolute atomic E-state index is 0.186. The molecular formula is C22H24F3N3O. The fraction of sp³-hybridized carbons (Fsp3) is 0.455. The van der Waals surface area contributed by atoms with Crippen LogP contribution in [0.5, 0.6) is 0 Å². The normalized spacial score (nSPS) is 19.2. The summed E-state index contributed by atoms with van der Waals surface area (Å²) >= 11 is 0. The van der Waals surface area contributed by atoms with Gasteiger partial charge in [0, 0.05) is 37.4 Å². The third kappa shape index (κ3) is 4.78. The fourth-order valence-electron chi connectivity index (χ4n) is 3.89. The minimum Gasteiger partial charge on any atom is -0.342 e. The van der Waals surface area contributed by atoms with E-state index in [0.29, 0.717) is 0 Å². The Kier molecular flexibility index (Phi) is 5.58. The molecule has 1 amide bonds. The maximum absolute atomic E-state index is 12.9. The van der Waals surface area contributed by atoms with E-state index >= 15 is 0 Å². The quantitative estimate of drug-likeness (QED) is 0.815. The van der Waals surface area contributed by atoms with Gasteiger partial charge in [0.15, 0.2) is 0 Å². The Hall–Kier alpha value is -2.41. The molecule has 1 saturated heterocycles. The molecule has 4 nitrogen and oxygen atoms in total. The van der Waals surface area contributed by atoms with Crippen molar-refractivity contribution in [2.45, 2.75) is 43.9 Å². The molecule has 1 unspecified atom stereocenters. The molecule has 2 fully saturated rings. The number of benzene rings is 1. The SMILES string of the molecule is O=C(C1CC1)N1CCC(NC(c2ccc(C(F)(F)F)cc2)c2cccnc2)CC1. The number of carbonyl (C=O) groups is 1. The Morgan fingerprint density at radius 3 is 2.28 bits per heavy atom. The molecule has 1 aromatic carbocycles. The number of likely N-dealkylation sites (tertiary alicyclic amines) is 1. The largest absolute Gasteiger partial charge is 0.416 e. The van der Waals surface area contributed by atoms with Crippen LogP contribution in [0.3, 0.4) is 0 Å². The van der Waals surface area contributed by atoms with Gasteiger partial charge in [-0.2, -0.15) is 13.2 Å². The van der Waals surface area contributed by atoms with Crippen LogP contribution in [0.25, 0.3) is 0 Å². The van der Waals surface area contributed by atoms with E-state index in [4.69, 9.17) is 0 Å². The van der Waals surface area contributed by atoms with Gasteiger partial charge in [-0.25, -0.2) is 0 Å². The predicted molar refractivity (Wildman–Crippen MR) is 103 cm³/mol. The van der Waals surface area contributed by atoms with E-state index in [-0.39, 0.29) is 23.9 Å². The van der Waals surface area contributed by atoms with Crippen LogP contribution < -0.4 is 5.32 Å². The molecule has 2 aromatic rings. The van der Waals surface area contributed by atoms with Crippen LogP contribution in [0.2, 0.25) is 0 Å². The van der Waals surface area contributed by atoms with E-state index in [0.717, 1.165) is 62.0 Å². The van der Waals surface area contributed by atoms with Gasteiger partial charge in [0.1, 0.15) is 0 Å². The molecular weight excluding hydrogens is 379 g/mol. The van der Waals surface area contributed by atoms with Crippen LogP contribution in [0.15, 0.2) is 48.8 Å². The number of halogens is 3. The molecule has 0 radical (unpaired) electrons. The summed E-state index contributed by atoms with van der Waals surface area (Å²) in [6.07, 6.45) is 2.74. The van der Waals surface area contributed by atoms with Crippen LogP contribution >= 0.6 is 0 Å². The van der Waals surface area contributed by atoms with Crippen LogP contribution in [-0.2, 0) is 11.0 Å². The van der Waals surface area contributed by atoms with E-state index in [1.807, 2.05) is 17.0 Å². The standard InChI is InChI=1S/C22H24F3N3O/c23-22(24,25)18-7-5-15(6-8-18)20(17-2-1-11-26-14-17)27-19-9-12-28(13-10-19)21(29)16-3-4-16/h1-2,5-8,11,14,16,19-20,27H,3-4,9-10,12-13H2. The Bertz CT molecular complexity index is 827. The molecule has 4 rings (SSSR count). The lowest BCUT2D eigenvalue weighted by atomic mass is 9.95. The number of piperidine rings is 1. The average Bonchev–Trinajstić information content (AvgIpc) is 3.57. The average molecular weight is 403 g/mol. The third-order valence-electron chi connectivity index (χ3n) is 5.72. The van der Waals surface area contributed by atoms with Crippen molar-refractivity contribution in [3.63, 3.8) is 0 Å². The molecule has 0 bridgehead atoms. The van der Waals surface area contributed by atoms with Crippen LogP contribution in [-0.4, -0.2) is 34.9 Å². The van der Waals surface area contributed by atoms with Crippen LogP contribution in [0, 0.1) is 5.92 Å². The maximum Gasteiger partial charge on any atom is 0.416 e. The summed E-state index contributed by atoms with van der Waals surface area (Å²) < 4.78 is 38.8. The van der Waals surface area contributed by atoms with E-state index in [1.165, 1.54) is 12.1 Å². The number of alkyl halides is 3. The van der Waals surface area contributed by atoms with Crippen LogP contribution in [0.1, 0.15) is 48.4 Å². The maximum atomic E-state index is 12.9.